The molecule has 3 rings (SSSR count). The molecule has 0 radical (unpaired) electrons. The van der Waals surface area contributed by atoms with E-state index < -0.39 is 5.41 Å². The van der Waals surface area contributed by atoms with E-state index in [0.717, 1.165) is 37.4 Å². The molecule has 0 spiro atoms. The van der Waals surface area contributed by atoms with Gasteiger partial charge in [-0.25, -0.2) is 0 Å². The molecular formula is C15H20N2O2. The number of nitrogens with one attached hydrogen (secondary N) is 2. The summed E-state index contributed by atoms with van der Waals surface area (Å²) in [6, 6.07) is 6.64. The first kappa shape index (κ1) is 12.6. The molecule has 1 aromatic rings. The maximum atomic E-state index is 11.9. The lowest BCUT2D eigenvalue weighted by Gasteiger charge is -2.24. The van der Waals surface area contributed by atoms with Crippen molar-refractivity contribution in [2.45, 2.75) is 31.7 Å². The van der Waals surface area contributed by atoms with E-state index in [0.29, 0.717) is 6.04 Å². The topological polar surface area (TPSA) is 50.4 Å². The second kappa shape index (κ2) is 4.62. The van der Waals surface area contributed by atoms with Crippen LogP contribution in [0.2, 0.25) is 0 Å². The van der Waals surface area contributed by atoms with E-state index in [1.54, 1.807) is 0 Å². The summed E-state index contributed by atoms with van der Waals surface area (Å²) in [6.07, 6.45) is 0.942. The number of benzene rings is 1. The van der Waals surface area contributed by atoms with Gasteiger partial charge in [0, 0.05) is 18.3 Å². The van der Waals surface area contributed by atoms with E-state index in [1.807, 2.05) is 19.9 Å². The first-order chi connectivity index (χ1) is 9.07. The fraction of sp³-hybridized carbons (Fsp3) is 0.533. The number of carbonyl (C=O) groups excluding carboxylic acids is 1. The van der Waals surface area contributed by atoms with Crippen molar-refractivity contribution in [3.8, 4) is 0 Å². The lowest BCUT2D eigenvalue weighted by molar-refractivity contribution is -0.119. The van der Waals surface area contributed by atoms with Crippen LogP contribution in [0.15, 0.2) is 18.2 Å². The van der Waals surface area contributed by atoms with Crippen molar-refractivity contribution >= 4 is 11.6 Å². The Morgan fingerprint density at radius 1 is 1.42 bits per heavy atom. The SMILES string of the molecule is CC1(C)C(=O)Nc2ccc(CC3COCCN3)cc21. The van der Waals surface area contributed by atoms with Crippen molar-refractivity contribution in [3.63, 3.8) is 0 Å². The number of anilines is 1. The number of morpholine rings is 1. The van der Waals surface area contributed by atoms with Crippen LogP contribution in [0.4, 0.5) is 5.69 Å². The number of carbonyl (C=O) groups is 1. The Kier molecular flexibility index (Phi) is 3.07. The summed E-state index contributed by atoms with van der Waals surface area (Å²) in [6.45, 7) is 6.42. The van der Waals surface area contributed by atoms with E-state index in [-0.39, 0.29) is 5.91 Å². The zero-order valence-corrected chi connectivity index (χ0v) is 11.5. The van der Waals surface area contributed by atoms with Gasteiger partial charge in [-0.3, -0.25) is 4.79 Å². The predicted octanol–water partition coefficient (Wildman–Crippen LogP) is 1.45. The van der Waals surface area contributed by atoms with Gasteiger partial charge in [0.25, 0.3) is 0 Å². The summed E-state index contributed by atoms with van der Waals surface area (Å²) in [7, 11) is 0. The highest BCUT2D eigenvalue weighted by Crippen LogP contribution is 2.37. The molecule has 2 aliphatic heterocycles. The quantitative estimate of drug-likeness (QED) is 0.846. The largest absolute Gasteiger partial charge is 0.379 e. The molecule has 0 aliphatic carbocycles. The zero-order valence-electron chi connectivity index (χ0n) is 11.5. The number of hydrogen-bond acceptors (Lipinski definition) is 3. The second-order valence-electron chi connectivity index (χ2n) is 5.89. The smallest absolute Gasteiger partial charge is 0.234 e. The first-order valence-electron chi connectivity index (χ1n) is 6.83. The van der Waals surface area contributed by atoms with Crippen molar-refractivity contribution in [2.75, 3.05) is 25.1 Å². The molecule has 2 heterocycles. The Hall–Kier alpha value is -1.39. The highest BCUT2D eigenvalue weighted by Gasteiger charge is 2.38. The summed E-state index contributed by atoms with van der Waals surface area (Å²) in [4.78, 5) is 11.9. The van der Waals surface area contributed by atoms with Crippen LogP contribution < -0.4 is 10.6 Å². The van der Waals surface area contributed by atoms with Gasteiger partial charge in [0.05, 0.1) is 18.6 Å². The normalized spacial score (nSPS) is 24.9. The molecule has 1 fully saturated rings. The number of rotatable bonds is 2. The standard InChI is InChI=1S/C15H20N2O2/c1-15(2)12-8-10(3-4-13(12)17-14(15)18)7-11-9-19-6-5-16-11/h3-4,8,11,16H,5-7,9H2,1-2H3,(H,17,18). The van der Waals surface area contributed by atoms with Gasteiger partial charge >= 0.3 is 0 Å². The molecule has 1 amide bonds. The minimum absolute atomic E-state index is 0.0822. The van der Waals surface area contributed by atoms with Gasteiger partial charge < -0.3 is 15.4 Å². The van der Waals surface area contributed by atoms with E-state index in [4.69, 9.17) is 4.74 Å². The Morgan fingerprint density at radius 2 is 2.26 bits per heavy atom. The van der Waals surface area contributed by atoms with Gasteiger partial charge in [-0.15, -0.1) is 0 Å². The van der Waals surface area contributed by atoms with Crippen LogP contribution in [0.25, 0.3) is 0 Å². The average Bonchev–Trinajstić information content (AvgIpc) is 2.62. The lowest BCUT2D eigenvalue weighted by atomic mass is 9.85. The van der Waals surface area contributed by atoms with Crippen LogP contribution in [0.1, 0.15) is 25.0 Å². The van der Waals surface area contributed by atoms with Crippen molar-refractivity contribution in [2.24, 2.45) is 0 Å². The van der Waals surface area contributed by atoms with Crippen molar-refractivity contribution in [1.29, 1.82) is 0 Å². The molecule has 0 bridgehead atoms. The van der Waals surface area contributed by atoms with E-state index in [2.05, 4.69) is 22.8 Å². The molecule has 0 saturated carbocycles. The number of hydrogen-bond donors (Lipinski definition) is 2. The number of ether oxygens (including phenoxy) is 1. The summed E-state index contributed by atoms with van der Waals surface area (Å²) in [5, 5.41) is 6.40. The van der Waals surface area contributed by atoms with Crippen molar-refractivity contribution < 1.29 is 9.53 Å². The molecule has 0 aromatic heterocycles. The molecule has 102 valence electrons. The van der Waals surface area contributed by atoms with Gasteiger partial charge in [-0.05, 0) is 37.5 Å². The Balaban J connectivity index is 1.82. The van der Waals surface area contributed by atoms with Gasteiger partial charge in [0.2, 0.25) is 5.91 Å². The molecule has 1 atom stereocenters. The van der Waals surface area contributed by atoms with Crippen LogP contribution in [-0.4, -0.2) is 31.7 Å². The fourth-order valence-corrected chi connectivity index (χ4v) is 2.78. The van der Waals surface area contributed by atoms with Gasteiger partial charge in [-0.2, -0.15) is 0 Å². The molecule has 1 saturated heterocycles. The molecule has 2 N–H and O–H groups in total. The lowest BCUT2D eigenvalue weighted by Crippen LogP contribution is -2.42. The van der Waals surface area contributed by atoms with Crippen molar-refractivity contribution in [1.82, 2.24) is 5.32 Å². The minimum atomic E-state index is -0.429. The maximum Gasteiger partial charge on any atom is 0.234 e. The Bertz CT molecular complexity index is 505. The van der Waals surface area contributed by atoms with Crippen LogP contribution in [0.5, 0.6) is 0 Å². The predicted molar refractivity (Wildman–Crippen MR) is 74.4 cm³/mol. The molecule has 4 nitrogen and oxygen atoms in total. The van der Waals surface area contributed by atoms with Gasteiger partial charge in [0.1, 0.15) is 0 Å². The number of fused-ring (bicyclic) bond motifs is 1. The third-order valence-corrected chi connectivity index (χ3v) is 4.05. The summed E-state index contributed by atoms with van der Waals surface area (Å²) < 4.78 is 5.48. The Labute approximate surface area is 113 Å². The van der Waals surface area contributed by atoms with Crippen LogP contribution in [0, 0.1) is 0 Å². The highest BCUT2D eigenvalue weighted by molar-refractivity contribution is 6.05. The zero-order chi connectivity index (χ0) is 13.5. The fourth-order valence-electron chi connectivity index (χ4n) is 2.78. The maximum absolute atomic E-state index is 11.9. The van der Waals surface area contributed by atoms with Crippen LogP contribution in [0.3, 0.4) is 0 Å². The van der Waals surface area contributed by atoms with E-state index in [1.165, 1.54) is 5.56 Å². The van der Waals surface area contributed by atoms with Gasteiger partial charge in [-0.1, -0.05) is 12.1 Å². The summed E-state index contributed by atoms with van der Waals surface area (Å²) >= 11 is 0. The monoisotopic (exact) mass is 260 g/mol. The number of amides is 1. The second-order valence-corrected chi connectivity index (χ2v) is 5.89. The molecule has 1 aromatic carbocycles. The van der Waals surface area contributed by atoms with Crippen molar-refractivity contribution in [3.05, 3.63) is 29.3 Å². The van der Waals surface area contributed by atoms with Gasteiger partial charge in [0.15, 0.2) is 0 Å². The average molecular weight is 260 g/mol. The first-order valence-corrected chi connectivity index (χ1v) is 6.83. The third kappa shape index (κ3) is 2.26. The highest BCUT2D eigenvalue weighted by atomic mass is 16.5. The Morgan fingerprint density at radius 3 is 3.00 bits per heavy atom. The third-order valence-electron chi connectivity index (χ3n) is 4.05. The molecule has 2 aliphatic rings. The summed E-state index contributed by atoms with van der Waals surface area (Å²) in [5.41, 5.74) is 2.88. The molecule has 4 heteroatoms. The summed E-state index contributed by atoms with van der Waals surface area (Å²) in [5.74, 6) is 0.0822. The molecular weight excluding hydrogens is 240 g/mol. The minimum Gasteiger partial charge on any atom is -0.379 e. The van der Waals surface area contributed by atoms with E-state index in [9.17, 15) is 4.79 Å². The van der Waals surface area contributed by atoms with Crippen LogP contribution in [-0.2, 0) is 21.4 Å². The molecule has 19 heavy (non-hydrogen) atoms. The van der Waals surface area contributed by atoms with E-state index >= 15 is 0 Å². The molecule has 1 unspecified atom stereocenters. The van der Waals surface area contributed by atoms with Crippen LogP contribution >= 0.6 is 0 Å².